The Morgan fingerprint density at radius 2 is 2.00 bits per heavy atom. The van der Waals surface area contributed by atoms with Crippen LogP contribution in [0, 0.1) is 5.82 Å². The normalized spacial score (nSPS) is 10.1. The first kappa shape index (κ1) is 12.4. The number of benzene rings is 2. The van der Waals surface area contributed by atoms with Gasteiger partial charge in [0.1, 0.15) is 5.82 Å². The number of nitrogen functional groups attached to an aromatic ring is 1. The molecule has 0 unspecified atom stereocenters. The summed E-state index contributed by atoms with van der Waals surface area (Å²) in [7, 11) is 0. The number of rotatable bonds is 2. The molecule has 18 heavy (non-hydrogen) atoms. The SMILES string of the molecule is Nc1cccc(C(=O)Nc2cc(F)cc(Cl)c2)c1. The molecule has 0 spiro atoms. The molecule has 0 aliphatic heterocycles. The first-order valence-corrected chi connectivity index (χ1v) is 5.55. The first-order valence-electron chi connectivity index (χ1n) is 5.17. The average molecular weight is 265 g/mol. The van der Waals surface area contributed by atoms with E-state index in [-0.39, 0.29) is 10.9 Å². The molecule has 0 saturated carbocycles. The predicted octanol–water partition coefficient (Wildman–Crippen LogP) is 3.31. The maximum Gasteiger partial charge on any atom is 0.255 e. The molecule has 5 heteroatoms. The summed E-state index contributed by atoms with van der Waals surface area (Å²) in [5.74, 6) is -0.880. The van der Waals surface area contributed by atoms with Crippen molar-refractivity contribution < 1.29 is 9.18 Å². The van der Waals surface area contributed by atoms with Crippen molar-refractivity contribution in [1.82, 2.24) is 0 Å². The molecular weight excluding hydrogens is 255 g/mol. The topological polar surface area (TPSA) is 55.1 Å². The number of amides is 1. The van der Waals surface area contributed by atoms with Crippen molar-refractivity contribution in [2.24, 2.45) is 0 Å². The average Bonchev–Trinajstić information content (AvgIpc) is 2.27. The fourth-order valence-corrected chi connectivity index (χ4v) is 1.73. The Morgan fingerprint density at radius 1 is 1.22 bits per heavy atom. The Kier molecular flexibility index (Phi) is 3.48. The molecule has 0 saturated heterocycles. The zero-order valence-corrected chi connectivity index (χ0v) is 10.0. The number of carbonyl (C=O) groups excluding carboxylic acids is 1. The predicted molar refractivity (Wildman–Crippen MR) is 70.2 cm³/mol. The smallest absolute Gasteiger partial charge is 0.255 e. The second kappa shape index (κ2) is 5.06. The summed E-state index contributed by atoms with van der Waals surface area (Å²) < 4.78 is 13.1. The van der Waals surface area contributed by atoms with E-state index in [0.29, 0.717) is 16.9 Å². The van der Waals surface area contributed by atoms with E-state index in [4.69, 9.17) is 17.3 Å². The number of hydrogen-bond donors (Lipinski definition) is 2. The van der Waals surface area contributed by atoms with Gasteiger partial charge in [-0.15, -0.1) is 0 Å². The molecule has 2 rings (SSSR count). The van der Waals surface area contributed by atoms with Crippen LogP contribution in [0.5, 0.6) is 0 Å². The Bertz CT molecular complexity index is 581. The van der Waals surface area contributed by atoms with Crippen molar-refractivity contribution >= 4 is 28.9 Å². The second-order valence-corrected chi connectivity index (χ2v) is 4.17. The van der Waals surface area contributed by atoms with E-state index in [1.54, 1.807) is 18.2 Å². The molecule has 2 aromatic carbocycles. The molecule has 0 aliphatic rings. The molecule has 92 valence electrons. The fraction of sp³-hybridized carbons (Fsp3) is 0. The zero-order chi connectivity index (χ0) is 13.1. The summed E-state index contributed by atoms with van der Waals surface area (Å²) in [6.45, 7) is 0. The van der Waals surface area contributed by atoms with E-state index in [2.05, 4.69) is 5.32 Å². The quantitative estimate of drug-likeness (QED) is 0.818. The Hall–Kier alpha value is -2.07. The van der Waals surface area contributed by atoms with Gasteiger partial charge in [0.15, 0.2) is 0 Å². The van der Waals surface area contributed by atoms with Crippen molar-refractivity contribution in [1.29, 1.82) is 0 Å². The Balaban J connectivity index is 2.21. The lowest BCUT2D eigenvalue weighted by atomic mass is 10.2. The number of hydrogen-bond acceptors (Lipinski definition) is 2. The summed E-state index contributed by atoms with van der Waals surface area (Å²) in [5.41, 5.74) is 6.76. The molecule has 0 bridgehead atoms. The molecule has 0 radical (unpaired) electrons. The lowest BCUT2D eigenvalue weighted by Crippen LogP contribution is -2.12. The van der Waals surface area contributed by atoms with E-state index >= 15 is 0 Å². The van der Waals surface area contributed by atoms with Gasteiger partial charge in [-0.2, -0.15) is 0 Å². The third-order valence-corrected chi connectivity index (χ3v) is 2.49. The van der Waals surface area contributed by atoms with Crippen LogP contribution in [0.4, 0.5) is 15.8 Å². The molecule has 0 aromatic heterocycles. The standard InChI is InChI=1S/C13H10ClFN2O/c14-9-5-10(15)7-12(6-9)17-13(18)8-2-1-3-11(16)4-8/h1-7H,16H2,(H,17,18). The Morgan fingerprint density at radius 3 is 2.67 bits per heavy atom. The minimum Gasteiger partial charge on any atom is -0.399 e. The van der Waals surface area contributed by atoms with Crippen LogP contribution in [0.15, 0.2) is 42.5 Å². The zero-order valence-electron chi connectivity index (χ0n) is 9.28. The highest BCUT2D eigenvalue weighted by Crippen LogP contribution is 2.19. The number of nitrogens with one attached hydrogen (secondary N) is 1. The molecule has 0 atom stereocenters. The van der Waals surface area contributed by atoms with Gasteiger partial charge in [-0.1, -0.05) is 17.7 Å². The van der Waals surface area contributed by atoms with Crippen LogP contribution in [-0.4, -0.2) is 5.91 Å². The van der Waals surface area contributed by atoms with Gasteiger partial charge < -0.3 is 11.1 Å². The van der Waals surface area contributed by atoms with E-state index in [1.807, 2.05) is 0 Å². The highest BCUT2D eigenvalue weighted by Gasteiger charge is 2.07. The third-order valence-electron chi connectivity index (χ3n) is 2.27. The van der Waals surface area contributed by atoms with Crippen LogP contribution in [-0.2, 0) is 0 Å². The Labute approximate surface area is 108 Å². The summed E-state index contributed by atoms with van der Waals surface area (Å²) >= 11 is 5.69. The van der Waals surface area contributed by atoms with Gasteiger partial charge in [-0.05, 0) is 36.4 Å². The summed E-state index contributed by atoms with van der Waals surface area (Å²) in [5, 5.41) is 2.77. The number of anilines is 2. The second-order valence-electron chi connectivity index (χ2n) is 3.74. The van der Waals surface area contributed by atoms with Gasteiger partial charge in [0.2, 0.25) is 0 Å². The molecule has 3 N–H and O–H groups in total. The minimum absolute atomic E-state index is 0.220. The van der Waals surface area contributed by atoms with E-state index in [0.717, 1.165) is 6.07 Å². The summed E-state index contributed by atoms with van der Waals surface area (Å²) in [4.78, 5) is 11.9. The molecule has 0 heterocycles. The van der Waals surface area contributed by atoms with Gasteiger partial charge in [0, 0.05) is 22.0 Å². The molecule has 0 aliphatic carbocycles. The minimum atomic E-state index is -0.509. The molecule has 1 amide bonds. The van der Waals surface area contributed by atoms with E-state index in [9.17, 15) is 9.18 Å². The number of nitrogens with two attached hydrogens (primary N) is 1. The first-order chi connectivity index (χ1) is 8.54. The maximum absolute atomic E-state index is 13.1. The summed E-state index contributed by atoms with van der Waals surface area (Å²) in [6.07, 6.45) is 0. The van der Waals surface area contributed by atoms with Gasteiger partial charge >= 0.3 is 0 Å². The number of carbonyl (C=O) groups is 1. The summed E-state index contributed by atoms with van der Waals surface area (Å²) in [6, 6.07) is 10.3. The van der Waals surface area contributed by atoms with Crippen molar-refractivity contribution in [3.8, 4) is 0 Å². The van der Waals surface area contributed by atoms with E-state index in [1.165, 1.54) is 18.2 Å². The highest BCUT2D eigenvalue weighted by atomic mass is 35.5. The lowest BCUT2D eigenvalue weighted by molar-refractivity contribution is 0.102. The third kappa shape index (κ3) is 2.99. The molecule has 2 aromatic rings. The van der Waals surface area contributed by atoms with Crippen LogP contribution in [0.1, 0.15) is 10.4 Å². The van der Waals surface area contributed by atoms with Crippen LogP contribution in [0.25, 0.3) is 0 Å². The molecule has 0 fully saturated rings. The van der Waals surface area contributed by atoms with Crippen LogP contribution in [0.2, 0.25) is 5.02 Å². The van der Waals surface area contributed by atoms with Gasteiger partial charge in [0.25, 0.3) is 5.91 Å². The fourth-order valence-electron chi connectivity index (χ4n) is 1.51. The number of halogens is 2. The molecular formula is C13H10ClFN2O. The van der Waals surface area contributed by atoms with Crippen molar-refractivity contribution in [2.45, 2.75) is 0 Å². The van der Waals surface area contributed by atoms with Crippen molar-refractivity contribution in [3.63, 3.8) is 0 Å². The molecule has 3 nitrogen and oxygen atoms in total. The van der Waals surface area contributed by atoms with Crippen LogP contribution in [0.3, 0.4) is 0 Å². The van der Waals surface area contributed by atoms with Crippen molar-refractivity contribution in [3.05, 3.63) is 58.9 Å². The highest BCUT2D eigenvalue weighted by molar-refractivity contribution is 6.31. The van der Waals surface area contributed by atoms with Gasteiger partial charge in [-0.3, -0.25) is 4.79 Å². The van der Waals surface area contributed by atoms with Crippen LogP contribution < -0.4 is 11.1 Å². The monoisotopic (exact) mass is 264 g/mol. The van der Waals surface area contributed by atoms with Crippen molar-refractivity contribution in [2.75, 3.05) is 11.1 Å². The van der Waals surface area contributed by atoms with Crippen LogP contribution >= 0.6 is 11.6 Å². The largest absolute Gasteiger partial charge is 0.399 e. The maximum atomic E-state index is 13.1. The lowest BCUT2D eigenvalue weighted by Gasteiger charge is -2.06. The van der Waals surface area contributed by atoms with Gasteiger partial charge in [-0.25, -0.2) is 4.39 Å². The van der Waals surface area contributed by atoms with E-state index < -0.39 is 5.82 Å². The van der Waals surface area contributed by atoms with Gasteiger partial charge in [0.05, 0.1) is 0 Å².